The Bertz CT molecular complexity index is 732. The number of halogens is 1. The maximum absolute atomic E-state index is 6.04. The maximum atomic E-state index is 6.04. The van der Waals surface area contributed by atoms with E-state index in [-0.39, 0.29) is 24.0 Å². The van der Waals surface area contributed by atoms with E-state index in [1.165, 1.54) is 18.4 Å². The van der Waals surface area contributed by atoms with Gasteiger partial charge >= 0.3 is 0 Å². The van der Waals surface area contributed by atoms with Crippen LogP contribution in [0.3, 0.4) is 0 Å². The first-order valence-electron chi connectivity index (χ1n) is 9.31. The molecule has 1 saturated carbocycles. The first-order chi connectivity index (χ1) is 12.7. The Balaban J connectivity index is 0.00000261. The lowest BCUT2D eigenvalue weighted by molar-refractivity contribution is 0.296. The highest BCUT2D eigenvalue weighted by atomic mass is 127. The molecule has 0 saturated heterocycles. The van der Waals surface area contributed by atoms with Crippen LogP contribution in [0.1, 0.15) is 29.7 Å². The molecular weight excluding hydrogens is 451 g/mol. The van der Waals surface area contributed by atoms with Gasteiger partial charge in [-0.2, -0.15) is 0 Å². The van der Waals surface area contributed by atoms with E-state index in [0.717, 1.165) is 48.5 Å². The Kier molecular flexibility index (Phi) is 8.84. The quantitative estimate of drug-likeness (QED) is 0.344. The molecule has 2 N–H and O–H groups in total. The highest BCUT2D eigenvalue weighted by Gasteiger charge is 2.22. The number of hydrogen-bond acceptors (Lipinski definition) is 3. The van der Waals surface area contributed by atoms with Gasteiger partial charge in [-0.3, -0.25) is 9.98 Å². The van der Waals surface area contributed by atoms with E-state index >= 15 is 0 Å². The fourth-order valence-corrected chi connectivity index (χ4v) is 2.69. The summed E-state index contributed by atoms with van der Waals surface area (Å²) in [5.74, 6) is 2.51. The van der Waals surface area contributed by atoms with Gasteiger partial charge in [0.25, 0.3) is 0 Å². The molecule has 0 bridgehead atoms. The van der Waals surface area contributed by atoms with Gasteiger partial charge in [-0.1, -0.05) is 18.2 Å². The Morgan fingerprint density at radius 1 is 1.22 bits per heavy atom. The zero-order chi connectivity index (χ0) is 18.2. The molecule has 0 atom stereocenters. The van der Waals surface area contributed by atoms with Gasteiger partial charge in [0.1, 0.15) is 5.75 Å². The monoisotopic (exact) mass is 480 g/mol. The van der Waals surface area contributed by atoms with Crippen molar-refractivity contribution in [2.24, 2.45) is 10.9 Å². The topological polar surface area (TPSA) is 58.5 Å². The standard InChI is InChI=1S/C21H28N4O.HI/c1-16-6-9-18(20(13-16)26-15-17-7-8-17)14-25-21(22-2)24-12-10-19-5-3-4-11-23-19;/h3-6,9,11,13,17H,7-8,10,12,14-15H2,1-2H3,(H2,22,24,25);1H. The summed E-state index contributed by atoms with van der Waals surface area (Å²) >= 11 is 0. The Labute approximate surface area is 179 Å². The van der Waals surface area contributed by atoms with Crippen molar-refractivity contribution >= 4 is 29.9 Å². The van der Waals surface area contributed by atoms with Crippen molar-refractivity contribution in [1.29, 1.82) is 0 Å². The number of aromatic nitrogens is 1. The average molecular weight is 480 g/mol. The summed E-state index contributed by atoms with van der Waals surface area (Å²) in [6.45, 7) is 4.39. The Morgan fingerprint density at radius 3 is 2.78 bits per heavy atom. The number of rotatable bonds is 8. The summed E-state index contributed by atoms with van der Waals surface area (Å²) in [5.41, 5.74) is 3.45. The van der Waals surface area contributed by atoms with Crippen molar-refractivity contribution in [3.8, 4) is 5.75 Å². The molecule has 1 aliphatic carbocycles. The molecule has 27 heavy (non-hydrogen) atoms. The predicted molar refractivity (Wildman–Crippen MR) is 121 cm³/mol. The van der Waals surface area contributed by atoms with Gasteiger partial charge < -0.3 is 15.4 Å². The summed E-state index contributed by atoms with van der Waals surface area (Å²) in [6.07, 6.45) is 5.28. The van der Waals surface area contributed by atoms with Gasteiger partial charge in [-0.15, -0.1) is 24.0 Å². The number of nitrogens with zero attached hydrogens (tertiary/aromatic N) is 2. The number of guanidine groups is 1. The van der Waals surface area contributed by atoms with Crippen molar-refractivity contribution in [2.75, 3.05) is 20.2 Å². The number of benzene rings is 1. The van der Waals surface area contributed by atoms with E-state index in [1.807, 2.05) is 24.4 Å². The molecule has 1 aromatic heterocycles. The van der Waals surface area contributed by atoms with E-state index in [1.54, 1.807) is 7.05 Å². The SMILES string of the molecule is CN=C(NCCc1ccccn1)NCc1ccc(C)cc1OCC1CC1.I. The van der Waals surface area contributed by atoms with Crippen molar-refractivity contribution in [3.63, 3.8) is 0 Å². The maximum Gasteiger partial charge on any atom is 0.191 e. The summed E-state index contributed by atoms with van der Waals surface area (Å²) in [5, 5.41) is 6.71. The fourth-order valence-electron chi connectivity index (χ4n) is 2.69. The van der Waals surface area contributed by atoms with Crippen LogP contribution in [0.5, 0.6) is 5.75 Å². The lowest BCUT2D eigenvalue weighted by atomic mass is 10.1. The number of ether oxygens (including phenoxy) is 1. The first-order valence-corrected chi connectivity index (χ1v) is 9.31. The van der Waals surface area contributed by atoms with E-state index in [2.05, 4.69) is 45.7 Å². The molecule has 1 heterocycles. The predicted octanol–water partition coefficient (Wildman–Crippen LogP) is 3.70. The molecule has 0 spiro atoms. The third-order valence-electron chi connectivity index (χ3n) is 4.46. The highest BCUT2D eigenvalue weighted by Crippen LogP contribution is 2.30. The van der Waals surface area contributed by atoms with Gasteiger partial charge in [-0.05, 0) is 49.4 Å². The van der Waals surface area contributed by atoms with Crippen LogP contribution in [0.15, 0.2) is 47.6 Å². The highest BCUT2D eigenvalue weighted by molar-refractivity contribution is 14.0. The fraction of sp³-hybridized carbons (Fsp3) is 0.429. The van der Waals surface area contributed by atoms with Gasteiger partial charge in [-0.25, -0.2) is 0 Å². The second kappa shape index (κ2) is 11.1. The minimum atomic E-state index is 0. The Hall–Kier alpha value is -1.83. The molecule has 3 rings (SSSR count). The molecule has 1 aromatic carbocycles. The summed E-state index contributed by atoms with van der Waals surface area (Å²) < 4.78 is 6.04. The van der Waals surface area contributed by atoms with Crippen LogP contribution in [-0.4, -0.2) is 31.1 Å². The van der Waals surface area contributed by atoms with Crippen molar-refractivity contribution in [2.45, 2.75) is 32.7 Å². The zero-order valence-corrected chi connectivity index (χ0v) is 18.4. The molecule has 0 unspecified atom stereocenters. The molecule has 146 valence electrons. The molecule has 6 heteroatoms. The number of nitrogens with one attached hydrogen (secondary N) is 2. The van der Waals surface area contributed by atoms with Crippen LogP contribution in [0.4, 0.5) is 0 Å². The molecule has 1 fully saturated rings. The second-order valence-electron chi connectivity index (χ2n) is 6.79. The second-order valence-corrected chi connectivity index (χ2v) is 6.79. The lowest BCUT2D eigenvalue weighted by Crippen LogP contribution is -2.38. The number of aryl methyl sites for hydroxylation is 1. The lowest BCUT2D eigenvalue weighted by Gasteiger charge is -2.15. The summed E-state index contributed by atoms with van der Waals surface area (Å²) in [4.78, 5) is 8.64. The van der Waals surface area contributed by atoms with Gasteiger partial charge in [0.2, 0.25) is 0 Å². The molecule has 0 aliphatic heterocycles. The number of pyridine rings is 1. The van der Waals surface area contributed by atoms with Gasteiger partial charge in [0.05, 0.1) is 6.61 Å². The van der Waals surface area contributed by atoms with Crippen LogP contribution in [0, 0.1) is 12.8 Å². The van der Waals surface area contributed by atoms with E-state index in [4.69, 9.17) is 4.74 Å². The van der Waals surface area contributed by atoms with Gasteiger partial charge in [0, 0.05) is 44.0 Å². The minimum Gasteiger partial charge on any atom is -0.493 e. The molecule has 5 nitrogen and oxygen atoms in total. The number of aliphatic imine (C=N–C) groups is 1. The summed E-state index contributed by atoms with van der Waals surface area (Å²) in [7, 11) is 1.79. The van der Waals surface area contributed by atoms with Gasteiger partial charge in [0.15, 0.2) is 5.96 Å². The summed E-state index contributed by atoms with van der Waals surface area (Å²) in [6, 6.07) is 12.4. The molecule has 2 aromatic rings. The van der Waals surface area contributed by atoms with Crippen LogP contribution in [-0.2, 0) is 13.0 Å². The van der Waals surface area contributed by atoms with Crippen LogP contribution < -0.4 is 15.4 Å². The van der Waals surface area contributed by atoms with Crippen molar-refractivity contribution < 1.29 is 4.74 Å². The van der Waals surface area contributed by atoms with Crippen LogP contribution in [0.2, 0.25) is 0 Å². The molecule has 0 amide bonds. The largest absolute Gasteiger partial charge is 0.493 e. The van der Waals surface area contributed by atoms with Crippen LogP contribution in [0.25, 0.3) is 0 Å². The molecule has 1 aliphatic rings. The van der Waals surface area contributed by atoms with Crippen molar-refractivity contribution in [3.05, 3.63) is 59.4 Å². The zero-order valence-electron chi connectivity index (χ0n) is 16.1. The average Bonchev–Trinajstić information content (AvgIpc) is 3.49. The van der Waals surface area contributed by atoms with Crippen LogP contribution >= 0.6 is 24.0 Å². The molecular formula is C21H29IN4O. The smallest absolute Gasteiger partial charge is 0.191 e. The third-order valence-corrected chi connectivity index (χ3v) is 4.46. The van der Waals surface area contributed by atoms with Crippen molar-refractivity contribution in [1.82, 2.24) is 15.6 Å². The Morgan fingerprint density at radius 2 is 2.07 bits per heavy atom. The number of hydrogen-bond donors (Lipinski definition) is 2. The normalized spacial score (nSPS) is 13.6. The first kappa shape index (κ1) is 21.5. The van der Waals surface area contributed by atoms with E-state index in [9.17, 15) is 0 Å². The van der Waals surface area contributed by atoms with E-state index in [0.29, 0.717) is 6.54 Å². The minimum absolute atomic E-state index is 0. The molecule has 0 radical (unpaired) electrons. The van der Waals surface area contributed by atoms with E-state index < -0.39 is 0 Å². The third kappa shape index (κ3) is 7.36.